The summed E-state index contributed by atoms with van der Waals surface area (Å²) in [6.07, 6.45) is 5.56. The monoisotopic (exact) mass is 500 g/mol. The van der Waals surface area contributed by atoms with Crippen LogP contribution in [0.25, 0.3) is 0 Å². The summed E-state index contributed by atoms with van der Waals surface area (Å²) in [7, 11) is 4.10. The van der Waals surface area contributed by atoms with Crippen LogP contribution in [0, 0.1) is 22.0 Å². The molecule has 1 unspecified atom stereocenters. The van der Waals surface area contributed by atoms with E-state index in [1.165, 1.54) is 18.3 Å². The van der Waals surface area contributed by atoms with Crippen molar-refractivity contribution in [3.63, 3.8) is 0 Å². The van der Waals surface area contributed by atoms with Crippen molar-refractivity contribution in [3.8, 4) is 0 Å². The third-order valence-corrected chi connectivity index (χ3v) is 7.00. The molecule has 12 heteroatoms. The van der Waals surface area contributed by atoms with E-state index in [1.807, 2.05) is 0 Å². The molecule has 0 saturated heterocycles. The van der Waals surface area contributed by atoms with Crippen molar-refractivity contribution in [1.82, 2.24) is 15.5 Å². The fourth-order valence-electron chi connectivity index (χ4n) is 4.65. The van der Waals surface area contributed by atoms with E-state index >= 15 is 0 Å². The predicted molar refractivity (Wildman–Crippen MR) is 126 cm³/mol. The van der Waals surface area contributed by atoms with Gasteiger partial charge in [-0.15, -0.1) is 0 Å². The summed E-state index contributed by atoms with van der Waals surface area (Å²) >= 11 is -0.194. The Kier molecular flexibility index (Phi) is 8.47. The summed E-state index contributed by atoms with van der Waals surface area (Å²) in [4.78, 5) is 17.7. The molecular weight excluding hydrogens is 469 g/mol. The Morgan fingerprint density at radius 2 is 1.88 bits per heavy atom. The molecule has 0 spiro atoms. The lowest BCUT2D eigenvalue weighted by molar-refractivity contribution is -0.437. The maximum absolute atomic E-state index is 12.9. The lowest BCUT2D eigenvalue weighted by Crippen LogP contribution is -2.64. The molecule has 1 saturated carbocycles. The van der Waals surface area contributed by atoms with Crippen molar-refractivity contribution in [2.24, 2.45) is 22.6 Å². The first-order valence-corrected chi connectivity index (χ1v) is 12.0. The van der Waals surface area contributed by atoms with Crippen LogP contribution in [0.1, 0.15) is 37.7 Å². The van der Waals surface area contributed by atoms with Crippen molar-refractivity contribution in [2.75, 3.05) is 20.6 Å². The highest BCUT2D eigenvalue weighted by molar-refractivity contribution is 8.00. The molecule has 0 amide bonds. The zero-order valence-corrected chi connectivity index (χ0v) is 20.1. The van der Waals surface area contributed by atoms with Crippen LogP contribution < -0.4 is 16.4 Å². The minimum atomic E-state index is -4.41. The summed E-state index contributed by atoms with van der Waals surface area (Å²) in [5.74, 6) is 1.03. The molecule has 1 fully saturated rings. The number of rotatable bonds is 8. The van der Waals surface area contributed by atoms with Gasteiger partial charge in [0.2, 0.25) is 0 Å². The third-order valence-electron chi connectivity index (χ3n) is 6.15. The fraction of sp³-hybridized carbons (Fsp3) is 0.591. The highest BCUT2D eigenvalue weighted by atomic mass is 32.2. The summed E-state index contributed by atoms with van der Waals surface area (Å²) in [6, 6.07) is 6.13. The quantitative estimate of drug-likeness (QED) is 0.282. The van der Waals surface area contributed by atoms with Crippen LogP contribution in [-0.4, -0.2) is 47.6 Å². The Morgan fingerprint density at radius 3 is 2.50 bits per heavy atom. The number of alkyl halides is 3. The van der Waals surface area contributed by atoms with Crippen LogP contribution in [0.15, 0.2) is 46.1 Å². The number of nitrogens with zero attached hydrogens (tertiary/aromatic N) is 3. The molecular formula is C22H31F3N6O2S. The molecule has 0 bridgehead atoms. The second-order valence-corrected chi connectivity index (χ2v) is 10.3. The normalized spacial score (nSPS) is 26.7. The van der Waals surface area contributed by atoms with Gasteiger partial charge in [0.25, 0.3) is 0 Å². The SMILES string of the molecule is CN(C)CC1CCC(CC2(N)NC(=NCc3ccccc3SC(F)(F)F)NC=C2[N+](=O)[O-])CC1. The largest absolute Gasteiger partial charge is 0.446 e. The molecule has 2 aliphatic rings. The number of nitrogens with two attached hydrogens (primary N) is 1. The topological polar surface area (TPSA) is 109 Å². The molecule has 34 heavy (non-hydrogen) atoms. The zero-order chi connectivity index (χ0) is 24.9. The number of benzene rings is 1. The number of thioether (sulfide) groups is 1. The lowest BCUT2D eigenvalue weighted by Gasteiger charge is -2.37. The number of halogens is 3. The second-order valence-electron chi connectivity index (χ2n) is 9.20. The van der Waals surface area contributed by atoms with Gasteiger partial charge >= 0.3 is 11.2 Å². The van der Waals surface area contributed by atoms with Gasteiger partial charge in [0, 0.05) is 11.4 Å². The summed E-state index contributed by atoms with van der Waals surface area (Å²) < 4.78 is 38.6. The molecule has 1 atom stereocenters. The first kappa shape index (κ1) is 26.3. The molecule has 188 valence electrons. The molecule has 1 aliphatic carbocycles. The van der Waals surface area contributed by atoms with Gasteiger partial charge in [-0.05, 0) is 81.4 Å². The maximum atomic E-state index is 12.9. The number of hydrogen-bond donors (Lipinski definition) is 3. The minimum absolute atomic E-state index is 0.0397. The Labute approximate surface area is 201 Å². The van der Waals surface area contributed by atoms with Gasteiger partial charge in [-0.2, -0.15) is 13.2 Å². The molecule has 8 nitrogen and oxygen atoms in total. The van der Waals surface area contributed by atoms with E-state index < -0.39 is 16.1 Å². The number of aliphatic imine (C=N–C) groups is 1. The van der Waals surface area contributed by atoms with E-state index in [0.29, 0.717) is 17.9 Å². The Hall–Kier alpha value is -2.31. The van der Waals surface area contributed by atoms with Crippen molar-refractivity contribution < 1.29 is 18.1 Å². The van der Waals surface area contributed by atoms with E-state index in [4.69, 9.17) is 5.73 Å². The van der Waals surface area contributed by atoms with Gasteiger partial charge in [-0.25, -0.2) is 4.99 Å². The Bertz CT molecular complexity index is 931. The van der Waals surface area contributed by atoms with Crippen LogP contribution in [-0.2, 0) is 6.54 Å². The highest BCUT2D eigenvalue weighted by Gasteiger charge is 2.44. The first-order chi connectivity index (χ1) is 15.9. The van der Waals surface area contributed by atoms with Gasteiger partial charge in [-0.1, -0.05) is 18.2 Å². The van der Waals surface area contributed by atoms with E-state index in [2.05, 4.69) is 34.6 Å². The molecule has 1 aliphatic heterocycles. The van der Waals surface area contributed by atoms with Gasteiger partial charge in [0.05, 0.1) is 17.7 Å². The standard InChI is InChI=1S/C22H31F3N6O2S/c1-30(2)14-16-9-7-15(8-10-16)11-21(26)19(31(32)33)13-28-20(29-21)27-12-17-5-3-4-6-18(17)34-22(23,24)25/h3-6,13,15-16H,7-12,14,26H2,1-2H3,(H2,27,28,29). The average molecular weight is 501 g/mol. The first-order valence-electron chi connectivity index (χ1n) is 11.2. The number of nitrogens with one attached hydrogen (secondary N) is 2. The lowest BCUT2D eigenvalue weighted by atomic mass is 9.77. The van der Waals surface area contributed by atoms with Gasteiger partial charge in [0.15, 0.2) is 11.6 Å². The minimum Gasteiger partial charge on any atom is -0.329 e. The summed E-state index contributed by atoms with van der Waals surface area (Å²) in [5.41, 5.74) is 0.895. The molecule has 0 radical (unpaired) electrons. The van der Waals surface area contributed by atoms with Crippen molar-refractivity contribution in [2.45, 2.75) is 54.7 Å². The van der Waals surface area contributed by atoms with Crippen molar-refractivity contribution >= 4 is 17.7 Å². The average Bonchev–Trinajstić information content (AvgIpc) is 2.72. The number of hydrogen-bond acceptors (Lipinski definition) is 6. The zero-order valence-electron chi connectivity index (χ0n) is 19.3. The second kappa shape index (κ2) is 11.0. The third kappa shape index (κ3) is 7.34. The molecule has 1 aromatic rings. The molecule has 1 aromatic carbocycles. The Balaban J connectivity index is 1.71. The van der Waals surface area contributed by atoms with Gasteiger partial charge in [0.1, 0.15) is 0 Å². The molecule has 3 rings (SSSR count). The van der Waals surface area contributed by atoms with Crippen LogP contribution >= 0.6 is 11.8 Å². The van der Waals surface area contributed by atoms with Crippen LogP contribution in [0.4, 0.5) is 13.2 Å². The smallest absolute Gasteiger partial charge is 0.329 e. The van der Waals surface area contributed by atoms with Crippen LogP contribution in [0.3, 0.4) is 0 Å². The van der Waals surface area contributed by atoms with Gasteiger partial charge < -0.3 is 15.5 Å². The van der Waals surface area contributed by atoms with Crippen LogP contribution in [0.5, 0.6) is 0 Å². The summed E-state index contributed by atoms with van der Waals surface area (Å²) in [6.45, 7) is 0.982. The number of guanidine groups is 1. The molecule has 4 N–H and O–H groups in total. The van der Waals surface area contributed by atoms with Crippen molar-refractivity contribution in [1.29, 1.82) is 0 Å². The van der Waals surface area contributed by atoms with E-state index in [1.54, 1.807) is 12.1 Å². The summed E-state index contributed by atoms with van der Waals surface area (Å²) in [5, 5.41) is 17.4. The maximum Gasteiger partial charge on any atom is 0.446 e. The van der Waals surface area contributed by atoms with Crippen LogP contribution in [0.2, 0.25) is 0 Å². The van der Waals surface area contributed by atoms with E-state index in [-0.39, 0.29) is 40.8 Å². The van der Waals surface area contributed by atoms with Crippen molar-refractivity contribution in [3.05, 3.63) is 51.8 Å². The molecule has 0 aromatic heterocycles. The van der Waals surface area contributed by atoms with Gasteiger partial charge in [-0.3, -0.25) is 15.8 Å². The van der Waals surface area contributed by atoms with E-state index in [9.17, 15) is 23.3 Å². The highest BCUT2D eigenvalue weighted by Crippen LogP contribution is 2.39. The predicted octanol–water partition coefficient (Wildman–Crippen LogP) is 3.88. The van der Waals surface area contributed by atoms with E-state index in [0.717, 1.165) is 32.2 Å². The molecule has 1 heterocycles. The fourth-order valence-corrected chi connectivity index (χ4v) is 5.31. The Morgan fingerprint density at radius 1 is 1.24 bits per heavy atom. The number of nitro groups is 1.